The van der Waals surface area contributed by atoms with E-state index in [1.54, 1.807) is 13.2 Å². The summed E-state index contributed by atoms with van der Waals surface area (Å²) in [6.45, 7) is 0.631. The molecule has 0 aliphatic rings. The highest BCUT2D eigenvalue weighted by molar-refractivity contribution is 6.35. The number of methoxy groups -OCH3 is 1. The highest BCUT2D eigenvalue weighted by Crippen LogP contribution is 2.29. The number of aromatic nitrogens is 2. The molecule has 35 heavy (non-hydrogen) atoms. The molecule has 0 atom stereocenters. The van der Waals surface area contributed by atoms with Crippen molar-refractivity contribution in [1.82, 2.24) is 9.97 Å². The Morgan fingerprint density at radius 1 is 1.00 bits per heavy atom. The number of carbonyl (C=O) groups is 2. The lowest BCUT2D eigenvalue weighted by Crippen LogP contribution is -2.15. The monoisotopic (exact) mass is 497 g/mol. The van der Waals surface area contributed by atoms with Crippen LogP contribution in [0.1, 0.15) is 26.3 Å². The smallest absolute Gasteiger partial charge is 0.255 e. The van der Waals surface area contributed by atoms with E-state index in [0.29, 0.717) is 17.6 Å². The number of nitrogens with zero attached hydrogens (tertiary/aromatic N) is 2. The van der Waals surface area contributed by atoms with Crippen molar-refractivity contribution >= 4 is 40.0 Å². The molecule has 1 heterocycles. The second kappa shape index (κ2) is 10.5. The predicted octanol–water partition coefficient (Wildman–Crippen LogP) is 5.07. The molecule has 3 aromatic carbocycles. The molecule has 1 amide bonds. The number of rotatable bonds is 8. The van der Waals surface area contributed by atoms with Crippen molar-refractivity contribution in [3.63, 3.8) is 0 Å². The molecule has 1 N–H and O–H groups in total. The second-order valence-corrected chi connectivity index (χ2v) is 7.74. The van der Waals surface area contributed by atoms with E-state index in [2.05, 4.69) is 15.3 Å². The molecule has 0 aliphatic heterocycles. The fourth-order valence-corrected chi connectivity index (χ4v) is 3.49. The fraction of sp³-hybridized carbons (Fsp3) is 0.120. The van der Waals surface area contributed by atoms with E-state index < -0.39 is 28.9 Å². The summed E-state index contributed by atoms with van der Waals surface area (Å²) in [7, 11) is 1.54. The van der Waals surface area contributed by atoms with Crippen LogP contribution in [0.3, 0.4) is 0 Å². The molecule has 0 bridgehead atoms. The van der Waals surface area contributed by atoms with Gasteiger partial charge in [-0.1, -0.05) is 17.7 Å². The van der Waals surface area contributed by atoms with Gasteiger partial charge in [0.15, 0.2) is 11.6 Å². The third kappa shape index (κ3) is 5.42. The highest BCUT2D eigenvalue weighted by atomic mass is 35.5. The number of anilines is 1. The van der Waals surface area contributed by atoms with Crippen molar-refractivity contribution < 1.29 is 27.8 Å². The Hall–Kier alpha value is -3.95. The zero-order chi connectivity index (χ0) is 24.9. The van der Waals surface area contributed by atoms with E-state index >= 15 is 4.39 Å². The average molecular weight is 498 g/mol. The van der Waals surface area contributed by atoms with Crippen molar-refractivity contribution in [3.05, 3.63) is 94.1 Å². The fourth-order valence-electron chi connectivity index (χ4n) is 3.26. The average Bonchev–Trinajstić information content (AvgIpc) is 2.85. The number of amides is 1. The molecule has 0 saturated heterocycles. The maximum Gasteiger partial charge on any atom is 0.255 e. The van der Waals surface area contributed by atoms with Crippen LogP contribution in [0.4, 0.5) is 14.5 Å². The van der Waals surface area contributed by atoms with Crippen molar-refractivity contribution in [2.24, 2.45) is 0 Å². The van der Waals surface area contributed by atoms with Crippen molar-refractivity contribution in [3.8, 4) is 5.88 Å². The predicted molar refractivity (Wildman–Crippen MR) is 126 cm³/mol. The van der Waals surface area contributed by atoms with Crippen LogP contribution in [-0.2, 0) is 4.74 Å². The molecule has 1 aromatic heterocycles. The normalized spacial score (nSPS) is 10.9. The van der Waals surface area contributed by atoms with Crippen LogP contribution >= 0.6 is 11.6 Å². The minimum Gasteiger partial charge on any atom is -0.474 e. The number of benzene rings is 3. The van der Waals surface area contributed by atoms with Gasteiger partial charge < -0.3 is 14.8 Å². The van der Waals surface area contributed by atoms with Gasteiger partial charge in [0.2, 0.25) is 5.88 Å². The van der Waals surface area contributed by atoms with Gasteiger partial charge in [0.25, 0.3) is 5.91 Å². The molecule has 0 saturated carbocycles. The zero-order valence-electron chi connectivity index (χ0n) is 18.3. The Kier molecular flexibility index (Phi) is 7.28. The van der Waals surface area contributed by atoms with Crippen LogP contribution in [0.25, 0.3) is 11.0 Å². The van der Waals surface area contributed by atoms with Gasteiger partial charge in [-0.2, -0.15) is 0 Å². The Labute approximate surface area is 203 Å². The summed E-state index contributed by atoms with van der Waals surface area (Å²) >= 11 is 6.15. The first-order valence-corrected chi connectivity index (χ1v) is 10.7. The van der Waals surface area contributed by atoms with Crippen LogP contribution < -0.4 is 10.1 Å². The van der Waals surface area contributed by atoms with Gasteiger partial charge in [0.1, 0.15) is 12.4 Å². The first kappa shape index (κ1) is 24.2. The summed E-state index contributed by atoms with van der Waals surface area (Å²) in [4.78, 5) is 34.2. The van der Waals surface area contributed by atoms with Crippen LogP contribution in [0.15, 0.2) is 60.8 Å². The van der Waals surface area contributed by atoms with E-state index in [-0.39, 0.29) is 34.3 Å². The third-order valence-corrected chi connectivity index (χ3v) is 5.29. The summed E-state index contributed by atoms with van der Waals surface area (Å²) in [5.41, 5.74) is 0.255. The number of carbonyl (C=O) groups excluding carboxylic acids is 2. The van der Waals surface area contributed by atoms with Crippen LogP contribution in [0.5, 0.6) is 5.88 Å². The minimum atomic E-state index is -1.02. The summed E-state index contributed by atoms with van der Waals surface area (Å²) in [6.07, 6.45) is 1.45. The maximum atomic E-state index is 15.3. The van der Waals surface area contributed by atoms with Gasteiger partial charge in [-0.15, -0.1) is 0 Å². The summed E-state index contributed by atoms with van der Waals surface area (Å²) in [5.74, 6) is -2.85. The topological polar surface area (TPSA) is 90.4 Å². The number of hydrogen-bond donors (Lipinski definition) is 1. The standard InChI is InChI=1S/C25H18ClF2N3O4/c1-34-9-10-35-21-13-29-18-7-5-14(12-20(18)30-21)24(32)22-17(26)6-8-19(23(22)28)31-25(33)15-3-2-4-16(27)11-15/h2-8,11-13H,9-10H2,1H3,(H,31,33). The van der Waals surface area contributed by atoms with E-state index in [1.165, 1.54) is 48.7 Å². The van der Waals surface area contributed by atoms with E-state index in [4.69, 9.17) is 21.1 Å². The first-order chi connectivity index (χ1) is 16.9. The molecule has 178 valence electrons. The van der Waals surface area contributed by atoms with Crippen molar-refractivity contribution in [1.29, 1.82) is 0 Å². The molecule has 0 unspecified atom stereocenters. The number of ketones is 1. The third-order valence-electron chi connectivity index (χ3n) is 4.97. The lowest BCUT2D eigenvalue weighted by atomic mass is 10.0. The van der Waals surface area contributed by atoms with Gasteiger partial charge in [0.05, 0.1) is 40.1 Å². The van der Waals surface area contributed by atoms with Crippen LogP contribution in [-0.4, -0.2) is 42.0 Å². The number of halogens is 3. The molecule has 0 spiro atoms. The maximum absolute atomic E-state index is 15.3. The Morgan fingerprint density at radius 3 is 2.60 bits per heavy atom. The highest BCUT2D eigenvalue weighted by Gasteiger charge is 2.22. The van der Waals surface area contributed by atoms with E-state index in [0.717, 1.165) is 6.07 Å². The molecular weight excluding hydrogens is 480 g/mol. The largest absolute Gasteiger partial charge is 0.474 e. The second-order valence-electron chi connectivity index (χ2n) is 7.33. The molecule has 0 radical (unpaired) electrons. The van der Waals surface area contributed by atoms with E-state index in [9.17, 15) is 14.0 Å². The molecule has 4 rings (SSSR count). The van der Waals surface area contributed by atoms with Gasteiger partial charge in [-0.25, -0.2) is 18.7 Å². The van der Waals surface area contributed by atoms with Gasteiger partial charge >= 0.3 is 0 Å². The number of fused-ring (bicyclic) bond motifs is 1. The minimum absolute atomic E-state index is 0.0103. The first-order valence-electron chi connectivity index (χ1n) is 10.4. The molecule has 0 fully saturated rings. The van der Waals surface area contributed by atoms with Crippen molar-refractivity contribution in [2.75, 3.05) is 25.6 Å². The summed E-state index contributed by atoms with van der Waals surface area (Å²) in [6, 6.07) is 11.9. The van der Waals surface area contributed by atoms with Crippen molar-refractivity contribution in [2.45, 2.75) is 0 Å². The van der Waals surface area contributed by atoms with Gasteiger partial charge in [-0.05, 0) is 48.5 Å². The van der Waals surface area contributed by atoms with Crippen LogP contribution in [0, 0.1) is 11.6 Å². The Balaban J connectivity index is 1.64. The summed E-state index contributed by atoms with van der Waals surface area (Å²) in [5, 5.41) is 2.21. The molecule has 10 heteroatoms. The quantitative estimate of drug-likeness (QED) is 0.270. The zero-order valence-corrected chi connectivity index (χ0v) is 19.1. The van der Waals surface area contributed by atoms with Gasteiger partial charge in [0, 0.05) is 18.2 Å². The lowest BCUT2D eigenvalue weighted by Gasteiger charge is -2.12. The van der Waals surface area contributed by atoms with E-state index in [1.807, 2.05) is 0 Å². The van der Waals surface area contributed by atoms with Gasteiger partial charge in [-0.3, -0.25) is 9.59 Å². The van der Waals surface area contributed by atoms with Crippen LogP contribution in [0.2, 0.25) is 5.02 Å². The number of ether oxygens (including phenoxy) is 2. The molecular formula is C25H18ClF2N3O4. The Bertz CT molecular complexity index is 1430. The SMILES string of the molecule is COCCOc1cnc2ccc(C(=O)c3c(Cl)ccc(NC(=O)c4cccc(F)c4)c3F)cc2n1. The lowest BCUT2D eigenvalue weighted by molar-refractivity contribution is 0.101. The Morgan fingerprint density at radius 2 is 1.83 bits per heavy atom. The number of nitrogens with one attached hydrogen (secondary N) is 1. The molecule has 0 aliphatic carbocycles. The number of hydrogen-bond acceptors (Lipinski definition) is 6. The molecule has 7 nitrogen and oxygen atoms in total. The summed E-state index contributed by atoms with van der Waals surface area (Å²) < 4.78 is 39.1. The molecule has 4 aromatic rings.